The molecule has 0 aliphatic carbocycles. The quantitative estimate of drug-likeness (QED) is 0.734. The van der Waals surface area contributed by atoms with Crippen LogP contribution in [0.15, 0.2) is 48.5 Å². The van der Waals surface area contributed by atoms with Crippen LogP contribution in [-0.2, 0) is 9.59 Å². The van der Waals surface area contributed by atoms with Gasteiger partial charge in [-0.25, -0.2) is 0 Å². The number of carbonyl (C=O) groups excluding carboxylic acids is 4. The van der Waals surface area contributed by atoms with Crippen LogP contribution in [0.2, 0.25) is 0 Å². The minimum absolute atomic E-state index is 0.106. The van der Waals surface area contributed by atoms with Gasteiger partial charge in [-0.15, -0.1) is 0 Å². The Morgan fingerprint density at radius 3 is 2.27 bits per heavy atom. The average Bonchev–Trinajstić information content (AvgIpc) is 3.21. The van der Waals surface area contributed by atoms with Gasteiger partial charge in [-0.05, 0) is 43.3 Å². The van der Waals surface area contributed by atoms with Crippen LogP contribution in [0.4, 0.5) is 5.69 Å². The van der Waals surface area contributed by atoms with E-state index >= 15 is 0 Å². The number of hydrogen-bond donors (Lipinski definition) is 1. The first kappa shape index (κ1) is 19.6. The number of ether oxygens (including phenoxy) is 1. The maximum Gasteiger partial charge on any atom is 0.262 e. The van der Waals surface area contributed by atoms with Gasteiger partial charge in [-0.2, -0.15) is 0 Å². The molecule has 4 amide bonds. The van der Waals surface area contributed by atoms with Gasteiger partial charge in [0.2, 0.25) is 11.8 Å². The Morgan fingerprint density at radius 1 is 1.03 bits per heavy atom. The van der Waals surface area contributed by atoms with E-state index in [4.69, 9.17) is 4.74 Å². The molecule has 2 aliphatic heterocycles. The number of anilines is 1. The van der Waals surface area contributed by atoms with Crippen molar-refractivity contribution in [1.29, 1.82) is 0 Å². The summed E-state index contributed by atoms with van der Waals surface area (Å²) in [6.07, 6.45) is 0.154. The van der Waals surface area contributed by atoms with E-state index in [9.17, 15) is 19.2 Å². The van der Waals surface area contributed by atoms with Crippen LogP contribution in [0.3, 0.4) is 0 Å². The molecule has 1 fully saturated rings. The van der Waals surface area contributed by atoms with Gasteiger partial charge in [0.05, 0.1) is 23.8 Å². The molecule has 30 heavy (non-hydrogen) atoms. The predicted molar refractivity (Wildman–Crippen MR) is 108 cm³/mol. The molecule has 0 aromatic heterocycles. The van der Waals surface area contributed by atoms with Gasteiger partial charge in [0.15, 0.2) is 0 Å². The van der Waals surface area contributed by atoms with Gasteiger partial charge in [0.1, 0.15) is 12.3 Å². The standard InChI is InChI=1S/C22H21N3O5/c1-2-30-16-9-7-15(8-10-16)24-12-14(11-20(24)27)23-19(26)13-25-21(28)17-5-3-4-6-18(17)22(25)29/h3-10,14H,2,11-13H2,1H3,(H,23,26)/t14-/m1/s1. The highest BCUT2D eigenvalue weighted by atomic mass is 16.5. The largest absolute Gasteiger partial charge is 0.494 e. The molecular formula is C22H21N3O5. The lowest BCUT2D eigenvalue weighted by molar-refractivity contribution is -0.122. The van der Waals surface area contributed by atoms with E-state index in [1.807, 2.05) is 6.92 Å². The number of imide groups is 1. The molecule has 0 spiro atoms. The molecule has 8 nitrogen and oxygen atoms in total. The fourth-order valence-electron chi connectivity index (χ4n) is 3.74. The lowest BCUT2D eigenvalue weighted by Crippen LogP contribution is -2.44. The van der Waals surface area contributed by atoms with Crippen LogP contribution in [-0.4, -0.2) is 54.3 Å². The Labute approximate surface area is 173 Å². The number of hydrogen-bond acceptors (Lipinski definition) is 5. The van der Waals surface area contributed by atoms with Crippen LogP contribution in [0.25, 0.3) is 0 Å². The van der Waals surface area contributed by atoms with Crippen molar-refractivity contribution in [3.05, 3.63) is 59.7 Å². The van der Waals surface area contributed by atoms with Gasteiger partial charge in [-0.3, -0.25) is 24.1 Å². The summed E-state index contributed by atoms with van der Waals surface area (Å²) in [6.45, 7) is 2.40. The molecule has 1 N–H and O–H groups in total. The summed E-state index contributed by atoms with van der Waals surface area (Å²) in [5, 5.41) is 2.76. The number of nitrogens with zero attached hydrogens (tertiary/aromatic N) is 2. The number of carbonyl (C=O) groups is 4. The number of benzene rings is 2. The second-order valence-electron chi connectivity index (χ2n) is 7.14. The van der Waals surface area contributed by atoms with Gasteiger partial charge in [0, 0.05) is 18.7 Å². The van der Waals surface area contributed by atoms with Gasteiger partial charge in [-0.1, -0.05) is 12.1 Å². The van der Waals surface area contributed by atoms with Gasteiger partial charge >= 0.3 is 0 Å². The Kier molecular flexibility index (Phi) is 5.22. The highest BCUT2D eigenvalue weighted by molar-refractivity contribution is 6.22. The van der Waals surface area contributed by atoms with E-state index in [0.29, 0.717) is 24.3 Å². The third kappa shape index (κ3) is 3.63. The molecule has 0 bridgehead atoms. The van der Waals surface area contributed by atoms with Crippen molar-refractivity contribution in [2.45, 2.75) is 19.4 Å². The number of nitrogens with one attached hydrogen (secondary N) is 1. The normalized spacial score (nSPS) is 18.0. The zero-order valence-corrected chi connectivity index (χ0v) is 16.5. The smallest absolute Gasteiger partial charge is 0.262 e. The summed E-state index contributed by atoms with van der Waals surface area (Å²) < 4.78 is 5.41. The van der Waals surface area contributed by atoms with Crippen LogP contribution < -0.4 is 15.0 Å². The highest BCUT2D eigenvalue weighted by Gasteiger charge is 2.37. The van der Waals surface area contributed by atoms with Crippen LogP contribution in [0.1, 0.15) is 34.1 Å². The molecule has 154 valence electrons. The third-order valence-corrected chi connectivity index (χ3v) is 5.13. The first-order valence-electron chi connectivity index (χ1n) is 9.75. The summed E-state index contributed by atoms with van der Waals surface area (Å²) in [4.78, 5) is 52.2. The van der Waals surface area contributed by atoms with E-state index in [2.05, 4.69) is 5.32 Å². The Bertz CT molecular complexity index is 983. The molecule has 0 saturated carbocycles. The molecule has 2 aromatic rings. The maximum atomic E-state index is 12.5. The molecule has 1 saturated heterocycles. The third-order valence-electron chi connectivity index (χ3n) is 5.13. The van der Waals surface area contributed by atoms with Crippen LogP contribution in [0.5, 0.6) is 5.75 Å². The monoisotopic (exact) mass is 407 g/mol. The molecule has 2 heterocycles. The lowest BCUT2D eigenvalue weighted by atomic mass is 10.1. The maximum absolute atomic E-state index is 12.5. The first-order chi connectivity index (χ1) is 14.5. The minimum Gasteiger partial charge on any atom is -0.494 e. The second-order valence-corrected chi connectivity index (χ2v) is 7.14. The molecule has 0 radical (unpaired) electrons. The SMILES string of the molecule is CCOc1ccc(N2C[C@H](NC(=O)CN3C(=O)c4ccccc4C3=O)CC2=O)cc1. The van der Waals surface area contributed by atoms with E-state index in [1.54, 1.807) is 53.4 Å². The van der Waals surface area contributed by atoms with E-state index in [1.165, 1.54) is 0 Å². The summed E-state index contributed by atoms with van der Waals surface area (Å²) in [6, 6.07) is 13.3. The van der Waals surface area contributed by atoms with Gasteiger partial charge < -0.3 is 15.0 Å². The lowest BCUT2D eigenvalue weighted by Gasteiger charge is -2.19. The Balaban J connectivity index is 1.36. The fraction of sp³-hybridized carbons (Fsp3) is 0.273. The molecule has 8 heteroatoms. The van der Waals surface area contributed by atoms with Crippen LogP contribution >= 0.6 is 0 Å². The Hall–Kier alpha value is -3.68. The topological polar surface area (TPSA) is 96.0 Å². The van der Waals surface area contributed by atoms with E-state index in [-0.39, 0.29) is 18.9 Å². The van der Waals surface area contributed by atoms with E-state index in [0.717, 1.165) is 16.3 Å². The zero-order valence-electron chi connectivity index (χ0n) is 16.5. The molecular weight excluding hydrogens is 386 g/mol. The summed E-state index contributed by atoms with van der Waals surface area (Å²) in [7, 11) is 0. The van der Waals surface area contributed by atoms with Crippen LogP contribution in [0, 0.1) is 0 Å². The average molecular weight is 407 g/mol. The molecule has 4 rings (SSSR count). The molecule has 0 unspecified atom stereocenters. The summed E-state index contributed by atoms with van der Waals surface area (Å²) in [5.41, 5.74) is 1.32. The van der Waals surface area contributed by atoms with Crippen molar-refractivity contribution in [1.82, 2.24) is 10.2 Å². The number of fused-ring (bicyclic) bond motifs is 1. The van der Waals surface area contributed by atoms with Crippen molar-refractivity contribution < 1.29 is 23.9 Å². The van der Waals surface area contributed by atoms with Gasteiger partial charge in [0.25, 0.3) is 11.8 Å². The highest BCUT2D eigenvalue weighted by Crippen LogP contribution is 2.25. The summed E-state index contributed by atoms with van der Waals surface area (Å²) in [5.74, 6) is -0.826. The van der Waals surface area contributed by atoms with Crippen molar-refractivity contribution in [2.75, 3.05) is 24.6 Å². The Morgan fingerprint density at radius 2 is 1.67 bits per heavy atom. The first-order valence-corrected chi connectivity index (χ1v) is 9.75. The number of rotatable bonds is 6. The predicted octanol–water partition coefficient (Wildman–Crippen LogP) is 1.60. The molecule has 1 atom stereocenters. The van der Waals surface area contributed by atoms with Crippen molar-refractivity contribution in [3.63, 3.8) is 0 Å². The fourth-order valence-corrected chi connectivity index (χ4v) is 3.74. The van der Waals surface area contributed by atoms with Crippen molar-refractivity contribution in [2.24, 2.45) is 0 Å². The molecule has 2 aromatic carbocycles. The number of amides is 4. The minimum atomic E-state index is -0.482. The second kappa shape index (κ2) is 7.98. The van der Waals surface area contributed by atoms with E-state index < -0.39 is 23.8 Å². The van der Waals surface area contributed by atoms with Crippen molar-refractivity contribution >= 4 is 29.3 Å². The van der Waals surface area contributed by atoms with Crippen molar-refractivity contribution in [3.8, 4) is 5.75 Å². The summed E-state index contributed by atoms with van der Waals surface area (Å²) >= 11 is 0. The molecule has 2 aliphatic rings. The zero-order chi connectivity index (χ0) is 21.3.